The molecule has 0 spiro atoms. The van der Waals surface area contributed by atoms with Gasteiger partial charge in [-0.05, 0) is 72.5 Å². The third-order valence-corrected chi connectivity index (χ3v) is 8.80. The molecule has 49 heavy (non-hydrogen) atoms. The second-order valence-electron chi connectivity index (χ2n) is 12.2. The molecule has 0 radical (unpaired) electrons. The predicted molar refractivity (Wildman–Crippen MR) is 190 cm³/mol. The maximum absolute atomic E-state index is 13.5. The maximum atomic E-state index is 13.5. The number of halogens is 3. The minimum atomic E-state index is -4.42. The summed E-state index contributed by atoms with van der Waals surface area (Å²) in [5.41, 5.74) is 8.24. The van der Waals surface area contributed by atoms with Crippen LogP contribution in [0.25, 0.3) is 72.8 Å². The Bertz CT molecular complexity index is 2370. The highest BCUT2D eigenvalue weighted by Crippen LogP contribution is 2.39. The first-order chi connectivity index (χ1) is 23.7. The van der Waals surface area contributed by atoms with E-state index in [9.17, 15) is 13.2 Å². The molecule has 0 saturated heterocycles. The topological polar surface area (TPSA) is 43.6 Å². The fraction of sp³-hybridized carbons (Fsp3) is 0.0714. The van der Waals surface area contributed by atoms with Gasteiger partial charge in [-0.25, -0.2) is 15.0 Å². The Morgan fingerprint density at radius 3 is 1.47 bits per heavy atom. The van der Waals surface area contributed by atoms with Crippen molar-refractivity contribution in [2.24, 2.45) is 0 Å². The summed E-state index contributed by atoms with van der Waals surface area (Å²) >= 11 is 0. The average Bonchev–Trinajstić information content (AvgIpc) is 3.43. The molecule has 0 saturated carbocycles. The van der Waals surface area contributed by atoms with Crippen molar-refractivity contribution in [2.75, 3.05) is 0 Å². The molecule has 0 fully saturated rings. The summed E-state index contributed by atoms with van der Waals surface area (Å²) < 4.78 is 42.6. The fourth-order valence-corrected chi connectivity index (χ4v) is 6.36. The Hall–Kier alpha value is -6.08. The molecule has 238 valence electrons. The quantitative estimate of drug-likeness (QED) is 0.187. The number of hydrogen-bond acceptors (Lipinski definition) is 3. The summed E-state index contributed by atoms with van der Waals surface area (Å²) in [7, 11) is 0. The summed E-state index contributed by atoms with van der Waals surface area (Å²) in [6.45, 7) is 4.13. The average molecular weight is 647 g/mol. The third kappa shape index (κ3) is 5.63. The molecule has 2 heterocycles. The number of rotatable bonds is 5. The van der Waals surface area contributed by atoms with Crippen molar-refractivity contribution in [2.45, 2.75) is 20.0 Å². The molecular formula is C42H29F3N4. The lowest BCUT2D eigenvalue weighted by molar-refractivity contribution is -0.137. The van der Waals surface area contributed by atoms with Gasteiger partial charge in [0.05, 0.1) is 22.3 Å². The first-order valence-electron chi connectivity index (χ1n) is 15.9. The molecule has 8 aromatic rings. The van der Waals surface area contributed by atoms with Crippen molar-refractivity contribution >= 4 is 21.8 Å². The molecule has 0 atom stereocenters. The monoisotopic (exact) mass is 646 g/mol. The Morgan fingerprint density at radius 1 is 0.469 bits per heavy atom. The molecule has 0 amide bonds. The van der Waals surface area contributed by atoms with E-state index in [1.165, 1.54) is 12.1 Å². The molecule has 7 heteroatoms. The molecular weight excluding hydrogens is 617 g/mol. The molecule has 2 aromatic heterocycles. The van der Waals surface area contributed by atoms with Gasteiger partial charge in [0.15, 0.2) is 17.5 Å². The second kappa shape index (κ2) is 11.9. The van der Waals surface area contributed by atoms with Crippen LogP contribution < -0.4 is 0 Å². The van der Waals surface area contributed by atoms with Crippen molar-refractivity contribution in [1.82, 2.24) is 19.5 Å². The van der Waals surface area contributed by atoms with Crippen molar-refractivity contribution in [3.8, 4) is 51.0 Å². The van der Waals surface area contributed by atoms with E-state index in [2.05, 4.69) is 54.8 Å². The van der Waals surface area contributed by atoms with Gasteiger partial charge < -0.3 is 4.57 Å². The zero-order chi connectivity index (χ0) is 33.7. The number of benzene rings is 6. The molecule has 0 aliphatic rings. The van der Waals surface area contributed by atoms with Crippen LogP contribution in [0, 0.1) is 13.8 Å². The lowest BCUT2D eigenvalue weighted by Gasteiger charge is -2.17. The van der Waals surface area contributed by atoms with Crippen LogP contribution in [0.2, 0.25) is 0 Å². The summed E-state index contributed by atoms with van der Waals surface area (Å²) in [5, 5.41) is 2.19. The molecule has 0 bridgehead atoms. The van der Waals surface area contributed by atoms with Crippen LogP contribution in [0.3, 0.4) is 0 Å². The summed E-state index contributed by atoms with van der Waals surface area (Å²) in [4.78, 5) is 15.0. The van der Waals surface area contributed by atoms with Crippen LogP contribution in [0.5, 0.6) is 0 Å². The van der Waals surface area contributed by atoms with Crippen LogP contribution in [-0.4, -0.2) is 19.5 Å². The van der Waals surface area contributed by atoms with Gasteiger partial charge in [-0.2, -0.15) is 13.2 Å². The largest absolute Gasteiger partial charge is 0.416 e. The van der Waals surface area contributed by atoms with Gasteiger partial charge in [0.1, 0.15) is 0 Å². The van der Waals surface area contributed by atoms with Gasteiger partial charge in [0.25, 0.3) is 0 Å². The summed E-state index contributed by atoms with van der Waals surface area (Å²) in [5.74, 6) is 1.56. The summed E-state index contributed by atoms with van der Waals surface area (Å²) in [6.07, 6.45) is -4.42. The summed E-state index contributed by atoms with van der Waals surface area (Å²) in [6, 6.07) is 43.6. The number of aryl methyl sites for hydroxylation is 2. The molecule has 8 rings (SSSR count). The van der Waals surface area contributed by atoms with E-state index >= 15 is 0 Å². The van der Waals surface area contributed by atoms with Crippen LogP contribution in [0.15, 0.2) is 140 Å². The number of alkyl halides is 3. The smallest absolute Gasteiger partial charge is 0.308 e. The maximum Gasteiger partial charge on any atom is 0.416 e. The van der Waals surface area contributed by atoms with Crippen LogP contribution in [-0.2, 0) is 6.18 Å². The van der Waals surface area contributed by atoms with E-state index in [4.69, 9.17) is 15.0 Å². The van der Waals surface area contributed by atoms with E-state index in [-0.39, 0.29) is 0 Å². The van der Waals surface area contributed by atoms with Gasteiger partial charge in [-0.1, -0.05) is 103 Å². The van der Waals surface area contributed by atoms with Crippen molar-refractivity contribution in [3.63, 3.8) is 0 Å². The molecule has 4 nitrogen and oxygen atoms in total. The van der Waals surface area contributed by atoms with Crippen LogP contribution in [0.4, 0.5) is 13.2 Å². The van der Waals surface area contributed by atoms with Crippen molar-refractivity contribution < 1.29 is 13.2 Å². The van der Waals surface area contributed by atoms with Crippen molar-refractivity contribution in [1.29, 1.82) is 0 Å². The second-order valence-corrected chi connectivity index (χ2v) is 12.2. The van der Waals surface area contributed by atoms with E-state index in [1.54, 1.807) is 0 Å². The van der Waals surface area contributed by atoms with Gasteiger partial charge in [-0.3, -0.25) is 0 Å². The van der Waals surface area contributed by atoms with Crippen molar-refractivity contribution in [3.05, 3.63) is 156 Å². The Kier molecular flexibility index (Phi) is 7.33. The number of fused-ring (bicyclic) bond motifs is 3. The Balaban J connectivity index is 1.44. The Labute approximate surface area is 281 Å². The fourth-order valence-electron chi connectivity index (χ4n) is 6.36. The zero-order valence-electron chi connectivity index (χ0n) is 26.7. The SMILES string of the molecule is Cc1ccc2c3ccc(C)cc3n(-c3cc(-c4ccc(C(F)(F)F)cc4)ccc3-c3nc(-c4ccccc4)nc(-c4ccccc4)n3)c2c1. The number of aromatic nitrogens is 4. The van der Waals surface area contributed by atoms with Crippen LogP contribution in [0.1, 0.15) is 16.7 Å². The number of hydrogen-bond donors (Lipinski definition) is 0. The minimum Gasteiger partial charge on any atom is -0.308 e. The standard InChI is InChI=1S/C42H29F3N4/c1-26-13-20-33-34-21-14-27(2)24-37(34)49(36(33)23-26)38-25-31(28-15-18-32(19-16-28)42(43,44)45)17-22-35(38)41-47-39(29-9-5-3-6-10-29)46-40(48-41)30-11-7-4-8-12-30/h3-25H,1-2H3. The third-order valence-electron chi connectivity index (χ3n) is 8.80. The highest BCUT2D eigenvalue weighted by Gasteiger charge is 2.30. The highest BCUT2D eigenvalue weighted by atomic mass is 19.4. The van der Waals surface area contributed by atoms with E-state index in [0.29, 0.717) is 23.0 Å². The first kappa shape index (κ1) is 30.3. The molecule has 0 aliphatic heterocycles. The Morgan fingerprint density at radius 2 is 0.959 bits per heavy atom. The molecule has 0 aliphatic carbocycles. The number of nitrogens with zero attached hydrogens (tertiary/aromatic N) is 4. The van der Waals surface area contributed by atoms with Crippen LogP contribution >= 0.6 is 0 Å². The van der Waals surface area contributed by atoms with E-state index in [1.807, 2.05) is 78.9 Å². The van der Waals surface area contributed by atoms with E-state index in [0.717, 1.165) is 73.0 Å². The van der Waals surface area contributed by atoms with E-state index < -0.39 is 11.7 Å². The molecule has 0 unspecified atom stereocenters. The minimum absolute atomic E-state index is 0.483. The van der Waals surface area contributed by atoms with Gasteiger partial charge in [-0.15, -0.1) is 0 Å². The molecule has 0 N–H and O–H groups in total. The normalized spacial score (nSPS) is 11.8. The lowest BCUT2D eigenvalue weighted by atomic mass is 10.00. The van der Waals surface area contributed by atoms with Gasteiger partial charge in [0, 0.05) is 27.5 Å². The van der Waals surface area contributed by atoms with Gasteiger partial charge >= 0.3 is 6.18 Å². The zero-order valence-corrected chi connectivity index (χ0v) is 26.7. The predicted octanol–water partition coefficient (Wildman–Crippen LogP) is 11.3. The lowest BCUT2D eigenvalue weighted by Crippen LogP contribution is -2.05. The first-order valence-corrected chi connectivity index (χ1v) is 15.9. The molecule has 6 aromatic carbocycles. The highest BCUT2D eigenvalue weighted by molar-refractivity contribution is 6.10. The van der Waals surface area contributed by atoms with Gasteiger partial charge in [0.2, 0.25) is 0 Å².